The van der Waals surface area contributed by atoms with Crippen LogP contribution in [0.3, 0.4) is 0 Å². The van der Waals surface area contributed by atoms with Gasteiger partial charge in [0, 0.05) is 50.8 Å². The third-order valence-corrected chi connectivity index (χ3v) is 5.30. The van der Waals surface area contributed by atoms with Gasteiger partial charge in [-0.25, -0.2) is 4.39 Å². The van der Waals surface area contributed by atoms with Gasteiger partial charge in [0.25, 0.3) is 5.91 Å². The number of aromatic nitrogens is 3. The first-order valence-corrected chi connectivity index (χ1v) is 10.4. The minimum Gasteiger partial charge on any atom is -0.444 e. The van der Waals surface area contributed by atoms with Crippen molar-refractivity contribution in [1.29, 1.82) is 0 Å². The monoisotopic (exact) mass is 454 g/mol. The molecule has 3 aromatic rings. The number of halogens is 1. The van der Waals surface area contributed by atoms with Gasteiger partial charge in [-0.05, 0) is 29.2 Å². The lowest BCUT2D eigenvalue weighted by molar-refractivity contribution is -0.389. The number of benzene rings is 1. The third kappa shape index (κ3) is 4.98. The SMILES string of the molecule is CN(C)C(=O)c1ccc(-c2cccc(CN3CCOc4nc([N+](=O)[O-])cn4CC3)n2)cc1F. The van der Waals surface area contributed by atoms with Gasteiger partial charge in [-0.1, -0.05) is 12.1 Å². The zero-order valence-corrected chi connectivity index (χ0v) is 18.3. The standard InChI is InChI=1S/C22H23FN6O4/c1-26(2)21(30)17-7-6-15(12-18(17)23)19-5-3-4-16(24-19)13-27-8-9-28-14-20(29(31)32)25-22(28)33-11-10-27/h3-7,12,14H,8-11,13H2,1-2H3. The van der Waals surface area contributed by atoms with Crippen molar-refractivity contribution in [3.63, 3.8) is 0 Å². The number of hydrogen-bond acceptors (Lipinski definition) is 7. The van der Waals surface area contributed by atoms with Gasteiger partial charge in [0.1, 0.15) is 18.6 Å². The number of fused-ring (bicyclic) bond motifs is 1. The molecule has 0 spiro atoms. The van der Waals surface area contributed by atoms with E-state index in [4.69, 9.17) is 4.74 Å². The number of imidazole rings is 1. The van der Waals surface area contributed by atoms with Crippen molar-refractivity contribution in [3.8, 4) is 17.3 Å². The number of carbonyl (C=O) groups is 1. The summed E-state index contributed by atoms with van der Waals surface area (Å²) in [5, 5.41) is 11.0. The molecule has 0 saturated carbocycles. The van der Waals surface area contributed by atoms with E-state index in [9.17, 15) is 19.3 Å². The molecule has 0 atom stereocenters. The Kier molecular flexibility index (Phi) is 6.31. The number of pyridine rings is 1. The van der Waals surface area contributed by atoms with Crippen LogP contribution in [0.1, 0.15) is 16.1 Å². The number of rotatable bonds is 5. The Bertz CT molecular complexity index is 1200. The molecule has 3 heterocycles. The fraction of sp³-hybridized carbons (Fsp3) is 0.318. The number of nitro groups is 1. The van der Waals surface area contributed by atoms with Crippen LogP contribution in [0.5, 0.6) is 6.01 Å². The first kappa shape index (κ1) is 22.3. The van der Waals surface area contributed by atoms with Crippen LogP contribution in [0.25, 0.3) is 11.3 Å². The van der Waals surface area contributed by atoms with E-state index in [0.29, 0.717) is 44.0 Å². The van der Waals surface area contributed by atoms with Crippen LogP contribution in [0.4, 0.5) is 10.2 Å². The predicted octanol–water partition coefficient (Wildman–Crippen LogP) is 2.59. The lowest BCUT2D eigenvalue weighted by Gasteiger charge is -2.24. The molecular weight excluding hydrogens is 431 g/mol. The Morgan fingerprint density at radius 2 is 2.03 bits per heavy atom. The van der Waals surface area contributed by atoms with Crippen LogP contribution in [-0.2, 0) is 13.1 Å². The van der Waals surface area contributed by atoms with Crippen LogP contribution in [0.2, 0.25) is 0 Å². The summed E-state index contributed by atoms with van der Waals surface area (Å²) in [6.07, 6.45) is 1.37. The van der Waals surface area contributed by atoms with Gasteiger partial charge >= 0.3 is 11.8 Å². The van der Waals surface area contributed by atoms with E-state index < -0.39 is 16.6 Å². The van der Waals surface area contributed by atoms with E-state index in [0.717, 1.165) is 5.69 Å². The smallest absolute Gasteiger partial charge is 0.414 e. The highest BCUT2D eigenvalue weighted by Crippen LogP contribution is 2.22. The Morgan fingerprint density at radius 1 is 1.21 bits per heavy atom. The number of ether oxygens (including phenoxy) is 1. The summed E-state index contributed by atoms with van der Waals surface area (Å²) < 4.78 is 21.8. The van der Waals surface area contributed by atoms with Gasteiger partial charge < -0.3 is 19.8 Å². The second-order valence-electron chi connectivity index (χ2n) is 7.87. The lowest BCUT2D eigenvalue weighted by atomic mass is 10.1. The van der Waals surface area contributed by atoms with Crippen molar-refractivity contribution < 1.29 is 18.8 Å². The van der Waals surface area contributed by atoms with Crippen LogP contribution < -0.4 is 4.74 Å². The summed E-state index contributed by atoms with van der Waals surface area (Å²) in [4.78, 5) is 34.5. The average molecular weight is 454 g/mol. The van der Waals surface area contributed by atoms with Crippen molar-refractivity contribution in [2.45, 2.75) is 13.1 Å². The summed E-state index contributed by atoms with van der Waals surface area (Å²) >= 11 is 0. The van der Waals surface area contributed by atoms with Crippen LogP contribution >= 0.6 is 0 Å². The van der Waals surface area contributed by atoms with Gasteiger partial charge in [0.2, 0.25) is 0 Å². The highest BCUT2D eigenvalue weighted by atomic mass is 19.1. The van der Waals surface area contributed by atoms with Gasteiger partial charge in [-0.2, -0.15) is 0 Å². The number of nitrogens with zero attached hydrogens (tertiary/aromatic N) is 6. The van der Waals surface area contributed by atoms with Crippen molar-refractivity contribution in [2.75, 3.05) is 33.8 Å². The predicted molar refractivity (Wildman–Crippen MR) is 117 cm³/mol. The molecule has 0 aliphatic carbocycles. The largest absolute Gasteiger partial charge is 0.444 e. The van der Waals surface area contributed by atoms with Crippen molar-refractivity contribution in [2.24, 2.45) is 0 Å². The van der Waals surface area contributed by atoms with E-state index in [1.807, 2.05) is 12.1 Å². The summed E-state index contributed by atoms with van der Waals surface area (Å²) in [5.74, 6) is -1.23. The van der Waals surface area contributed by atoms with Crippen molar-refractivity contribution in [3.05, 3.63) is 69.8 Å². The molecule has 0 radical (unpaired) electrons. The zero-order valence-electron chi connectivity index (χ0n) is 18.3. The highest BCUT2D eigenvalue weighted by molar-refractivity contribution is 5.94. The number of carbonyl (C=O) groups excluding carboxylic acids is 1. The molecule has 11 heteroatoms. The molecule has 10 nitrogen and oxygen atoms in total. The Hall–Kier alpha value is -3.86. The van der Waals surface area contributed by atoms with E-state index in [-0.39, 0.29) is 17.4 Å². The number of hydrogen-bond donors (Lipinski definition) is 0. The third-order valence-electron chi connectivity index (χ3n) is 5.30. The van der Waals surface area contributed by atoms with Crippen LogP contribution in [-0.4, -0.2) is 69.0 Å². The van der Waals surface area contributed by atoms with Crippen molar-refractivity contribution >= 4 is 11.7 Å². The molecule has 0 saturated heterocycles. The van der Waals surface area contributed by atoms with Crippen LogP contribution in [0.15, 0.2) is 42.6 Å². The molecule has 172 valence electrons. The summed E-state index contributed by atoms with van der Waals surface area (Å²) in [6, 6.07) is 10.3. The molecule has 0 unspecified atom stereocenters. The second-order valence-corrected chi connectivity index (χ2v) is 7.87. The molecular formula is C22H23FN6O4. The quantitative estimate of drug-likeness (QED) is 0.431. The lowest BCUT2D eigenvalue weighted by Crippen LogP contribution is -2.33. The first-order valence-electron chi connectivity index (χ1n) is 10.4. The Labute approximate surface area is 189 Å². The summed E-state index contributed by atoms with van der Waals surface area (Å²) in [5.41, 5.74) is 1.99. The summed E-state index contributed by atoms with van der Waals surface area (Å²) in [6.45, 7) is 2.58. The van der Waals surface area contributed by atoms with E-state index in [1.54, 1.807) is 30.8 Å². The molecule has 2 aromatic heterocycles. The second kappa shape index (κ2) is 9.33. The molecule has 4 rings (SSSR count). The van der Waals surface area contributed by atoms with Crippen molar-refractivity contribution in [1.82, 2.24) is 24.3 Å². The van der Waals surface area contributed by atoms with Gasteiger partial charge in [-0.15, -0.1) is 0 Å². The van der Waals surface area contributed by atoms with Gasteiger partial charge in [0.05, 0.1) is 17.0 Å². The normalized spacial score (nSPS) is 14.0. The molecule has 0 bridgehead atoms. The molecule has 1 aliphatic heterocycles. The minimum atomic E-state index is -0.593. The average Bonchev–Trinajstić information content (AvgIpc) is 3.18. The molecule has 0 N–H and O–H groups in total. The highest BCUT2D eigenvalue weighted by Gasteiger charge is 2.23. The maximum absolute atomic E-state index is 14.5. The zero-order chi connectivity index (χ0) is 23.5. The topological polar surface area (TPSA) is 107 Å². The fourth-order valence-corrected chi connectivity index (χ4v) is 3.58. The van der Waals surface area contributed by atoms with E-state index in [1.165, 1.54) is 23.2 Å². The van der Waals surface area contributed by atoms with Gasteiger partial charge in [0.15, 0.2) is 0 Å². The van der Waals surface area contributed by atoms with Gasteiger partial charge in [-0.3, -0.25) is 19.2 Å². The number of amides is 1. The summed E-state index contributed by atoms with van der Waals surface area (Å²) in [7, 11) is 3.15. The van der Waals surface area contributed by atoms with E-state index in [2.05, 4.69) is 14.9 Å². The maximum atomic E-state index is 14.5. The molecule has 33 heavy (non-hydrogen) atoms. The molecule has 1 amide bonds. The molecule has 1 aliphatic rings. The van der Waals surface area contributed by atoms with Crippen LogP contribution in [0, 0.1) is 15.9 Å². The van der Waals surface area contributed by atoms with E-state index >= 15 is 0 Å². The Morgan fingerprint density at radius 3 is 2.76 bits per heavy atom. The first-order chi connectivity index (χ1) is 15.8. The molecule has 0 fully saturated rings. The molecule has 1 aromatic carbocycles. The maximum Gasteiger partial charge on any atom is 0.414 e. The minimum absolute atomic E-state index is 0.0136. The Balaban J connectivity index is 1.47. The fourth-order valence-electron chi connectivity index (χ4n) is 3.58.